The van der Waals surface area contributed by atoms with Crippen LogP contribution in [0.25, 0.3) is 44.3 Å². The summed E-state index contributed by atoms with van der Waals surface area (Å²) < 4.78 is 10.4. The van der Waals surface area contributed by atoms with Crippen LogP contribution in [-0.2, 0) is 19.1 Å². The molecule has 4 fully saturated rings. The highest BCUT2D eigenvalue weighted by molar-refractivity contribution is 5.89. The molecule has 0 aliphatic carbocycles. The lowest BCUT2D eigenvalue weighted by Gasteiger charge is -2.33. The van der Waals surface area contributed by atoms with Gasteiger partial charge in [-0.05, 0) is 83.0 Å². The van der Waals surface area contributed by atoms with Crippen LogP contribution in [0.1, 0.15) is 78.1 Å². The molecule has 14 heteroatoms. The number of likely N-dealkylation sites (tertiary alicyclic amines) is 2. The molecule has 4 aliphatic heterocycles. The van der Waals surface area contributed by atoms with E-state index in [1.54, 1.807) is 9.80 Å². The van der Waals surface area contributed by atoms with Gasteiger partial charge >= 0.3 is 12.2 Å². The second kappa shape index (κ2) is 15.6. The third-order valence-electron chi connectivity index (χ3n) is 12.8. The molecule has 6 heterocycles. The SMILES string of the molecule is CC(C)[C@@H](C(=O)N1C[C@@H](C)C[C@H]1c1nc2cc(-c3ccc(-c4ccc5[nH]c([C@@H]6C[C@H](C)CN6C(=O)[C@H](C(C)C)N6CCOC6=O)nc5c4)cc3)ccc2[nH]1)N1CCOC1=O. The maximum atomic E-state index is 14.1. The van der Waals surface area contributed by atoms with Gasteiger partial charge in [-0.15, -0.1) is 0 Å². The minimum Gasteiger partial charge on any atom is -0.448 e. The molecule has 2 N–H and O–H groups in total. The largest absolute Gasteiger partial charge is 0.448 e. The molecule has 3 aromatic carbocycles. The molecule has 0 radical (unpaired) electrons. The Balaban J connectivity index is 0.921. The number of hydrogen-bond acceptors (Lipinski definition) is 8. The van der Waals surface area contributed by atoms with Crippen LogP contribution >= 0.6 is 0 Å². The number of amides is 4. The fourth-order valence-electron chi connectivity index (χ4n) is 9.89. The van der Waals surface area contributed by atoms with Crippen molar-refractivity contribution >= 4 is 46.1 Å². The monoisotopic (exact) mass is 814 g/mol. The van der Waals surface area contributed by atoms with Crippen LogP contribution in [0.15, 0.2) is 60.7 Å². The highest BCUT2D eigenvalue weighted by Gasteiger charge is 2.46. The molecule has 2 aromatic heterocycles. The molecule has 60 heavy (non-hydrogen) atoms. The first kappa shape index (κ1) is 39.5. The van der Waals surface area contributed by atoms with Gasteiger partial charge in [-0.25, -0.2) is 19.6 Å². The van der Waals surface area contributed by atoms with Crippen molar-refractivity contribution in [1.29, 1.82) is 0 Å². The number of nitrogens with zero attached hydrogens (tertiary/aromatic N) is 6. The Morgan fingerprint density at radius 1 is 0.617 bits per heavy atom. The molecule has 14 nitrogen and oxygen atoms in total. The van der Waals surface area contributed by atoms with Crippen LogP contribution in [0.5, 0.6) is 0 Å². The van der Waals surface area contributed by atoms with Crippen LogP contribution in [0.2, 0.25) is 0 Å². The molecule has 0 spiro atoms. The maximum Gasteiger partial charge on any atom is 0.410 e. The number of nitrogens with one attached hydrogen (secondary N) is 2. The lowest BCUT2D eigenvalue weighted by Crippen LogP contribution is -2.51. The van der Waals surface area contributed by atoms with Crippen molar-refractivity contribution in [2.24, 2.45) is 23.7 Å². The van der Waals surface area contributed by atoms with Crippen molar-refractivity contribution in [1.82, 2.24) is 39.5 Å². The third-order valence-corrected chi connectivity index (χ3v) is 12.8. The van der Waals surface area contributed by atoms with Gasteiger partial charge < -0.3 is 29.2 Å². The van der Waals surface area contributed by atoms with Gasteiger partial charge in [-0.2, -0.15) is 0 Å². The van der Waals surface area contributed by atoms with Crippen molar-refractivity contribution in [3.05, 3.63) is 72.3 Å². The second-order valence-electron chi connectivity index (χ2n) is 18.0. The van der Waals surface area contributed by atoms with Gasteiger partial charge in [0.15, 0.2) is 0 Å². The van der Waals surface area contributed by atoms with E-state index in [1.165, 1.54) is 0 Å². The number of aromatic nitrogens is 4. The highest BCUT2D eigenvalue weighted by Crippen LogP contribution is 2.39. The Hall–Kier alpha value is -5.92. The number of cyclic esters (lactones) is 2. The zero-order chi connectivity index (χ0) is 42.0. The fraction of sp³-hybridized carbons (Fsp3) is 0.478. The van der Waals surface area contributed by atoms with E-state index in [9.17, 15) is 19.2 Å². The van der Waals surface area contributed by atoms with Crippen LogP contribution < -0.4 is 0 Å². The molecule has 4 aliphatic rings. The Kier molecular flexibility index (Phi) is 10.3. The minimum atomic E-state index is -0.581. The Bertz CT molecular complexity index is 2290. The first-order valence-corrected chi connectivity index (χ1v) is 21.4. The van der Waals surface area contributed by atoms with Gasteiger partial charge in [0.2, 0.25) is 11.8 Å². The summed E-state index contributed by atoms with van der Waals surface area (Å²) in [5.74, 6) is 1.86. The summed E-state index contributed by atoms with van der Waals surface area (Å²) in [6, 6.07) is 19.3. The summed E-state index contributed by atoms with van der Waals surface area (Å²) in [5.41, 5.74) is 7.65. The molecule has 6 atom stereocenters. The van der Waals surface area contributed by atoms with E-state index >= 15 is 0 Å². The van der Waals surface area contributed by atoms with Gasteiger partial charge in [-0.1, -0.05) is 77.9 Å². The minimum absolute atomic E-state index is 0.0585. The van der Waals surface area contributed by atoms with Crippen molar-refractivity contribution in [2.75, 3.05) is 39.4 Å². The molecule has 5 aromatic rings. The lowest BCUT2D eigenvalue weighted by molar-refractivity contribution is -0.139. The molecule has 314 valence electrons. The van der Waals surface area contributed by atoms with Gasteiger partial charge in [0.25, 0.3) is 0 Å². The summed E-state index contributed by atoms with van der Waals surface area (Å²) in [7, 11) is 0. The van der Waals surface area contributed by atoms with Crippen molar-refractivity contribution in [3.8, 4) is 22.3 Å². The average Bonchev–Trinajstić information content (AvgIpc) is 4.09. The van der Waals surface area contributed by atoms with Gasteiger partial charge in [0, 0.05) is 13.1 Å². The van der Waals surface area contributed by atoms with E-state index in [4.69, 9.17) is 19.4 Å². The van der Waals surface area contributed by atoms with Gasteiger partial charge in [0.1, 0.15) is 36.9 Å². The number of fused-ring (bicyclic) bond motifs is 2. The summed E-state index contributed by atoms with van der Waals surface area (Å²) in [6.45, 7) is 14.9. The predicted molar refractivity (Wildman–Crippen MR) is 226 cm³/mol. The number of aromatic amines is 2. The number of ether oxygens (including phenoxy) is 2. The fourth-order valence-corrected chi connectivity index (χ4v) is 9.89. The normalized spacial score (nSPS) is 23.1. The smallest absolute Gasteiger partial charge is 0.410 e. The number of imidazole rings is 2. The van der Waals surface area contributed by atoms with Crippen LogP contribution in [-0.4, -0.2) is 115 Å². The topological polar surface area (TPSA) is 157 Å². The van der Waals surface area contributed by atoms with Crippen molar-refractivity contribution in [2.45, 2.75) is 78.6 Å². The molecule has 4 saturated heterocycles. The molecule has 0 bridgehead atoms. The van der Waals surface area contributed by atoms with Gasteiger partial charge in [-0.3, -0.25) is 19.4 Å². The standard InChI is InChI=1S/C46H54N8O6/c1-25(2)39(51-15-17-59-45(51)57)43(55)53-23-27(5)19-37(53)41-47-33-13-11-31(21-35(33)49-41)29-7-9-30(10-8-29)32-12-14-34-36(22-32)50-42(48-34)38-20-28(6)24-54(38)44(56)40(26(3)4)52-16-18-60-46(52)58/h7-14,21-22,25-28,37-40H,15-20,23-24H2,1-6H3,(H,47,49)(H,48,50)/t27-,28-,37-,38-,39-,40-/m0/s1. The molecular weight excluding hydrogens is 761 g/mol. The number of hydrogen-bond donors (Lipinski definition) is 2. The predicted octanol–water partition coefficient (Wildman–Crippen LogP) is 7.55. The molecule has 0 unspecified atom stereocenters. The summed E-state index contributed by atoms with van der Waals surface area (Å²) >= 11 is 0. The first-order chi connectivity index (χ1) is 28.8. The van der Waals surface area contributed by atoms with Crippen molar-refractivity contribution in [3.63, 3.8) is 0 Å². The Morgan fingerprint density at radius 2 is 1.00 bits per heavy atom. The average molecular weight is 815 g/mol. The third kappa shape index (κ3) is 7.13. The number of H-pyrrole nitrogens is 2. The second-order valence-corrected chi connectivity index (χ2v) is 18.0. The Morgan fingerprint density at radius 3 is 1.35 bits per heavy atom. The number of carbonyl (C=O) groups is 4. The summed E-state index contributed by atoms with van der Waals surface area (Å²) in [5, 5.41) is 0. The number of rotatable bonds is 10. The summed E-state index contributed by atoms with van der Waals surface area (Å²) in [6.07, 6.45) is 0.722. The zero-order valence-electron chi connectivity index (χ0n) is 35.2. The van der Waals surface area contributed by atoms with Crippen molar-refractivity contribution < 1.29 is 28.7 Å². The number of benzene rings is 3. The first-order valence-electron chi connectivity index (χ1n) is 21.4. The van der Waals surface area contributed by atoms with Crippen LogP contribution in [0.3, 0.4) is 0 Å². The van der Waals surface area contributed by atoms with E-state index in [1.807, 2.05) is 49.6 Å². The molecule has 9 rings (SSSR count). The van der Waals surface area contributed by atoms with Crippen LogP contribution in [0, 0.1) is 23.7 Å². The quantitative estimate of drug-likeness (QED) is 0.146. The lowest BCUT2D eigenvalue weighted by atomic mass is 10.00. The zero-order valence-corrected chi connectivity index (χ0v) is 35.2. The summed E-state index contributed by atoms with van der Waals surface area (Å²) in [4.78, 5) is 77.2. The highest BCUT2D eigenvalue weighted by atomic mass is 16.6. The molecule has 4 amide bonds. The van der Waals surface area contributed by atoms with E-state index in [2.05, 4.69) is 72.3 Å². The van der Waals surface area contributed by atoms with E-state index < -0.39 is 24.3 Å². The maximum absolute atomic E-state index is 14.1. The molecular formula is C46H54N8O6. The number of carbonyl (C=O) groups excluding carboxylic acids is 4. The van der Waals surface area contributed by atoms with Crippen LogP contribution in [0.4, 0.5) is 9.59 Å². The Labute approximate surface area is 349 Å². The van der Waals surface area contributed by atoms with E-state index in [0.717, 1.165) is 68.8 Å². The van der Waals surface area contributed by atoms with E-state index in [0.29, 0.717) is 51.2 Å². The molecule has 0 saturated carbocycles. The van der Waals surface area contributed by atoms with E-state index in [-0.39, 0.29) is 35.7 Å². The van der Waals surface area contributed by atoms with Gasteiger partial charge in [0.05, 0.1) is 47.2 Å².